The van der Waals surface area contributed by atoms with E-state index in [4.69, 9.17) is 9.47 Å². The second-order valence-electron chi connectivity index (χ2n) is 7.28. The minimum atomic E-state index is -0.503. The molecule has 0 saturated carbocycles. The Kier molecular flexibility index (Phi) is 7.58. The Balaban J connectivity index is 2.07. The van der Waals surface area contributed by atoms with Crippen molar-refractivity contribution in [2.75, 3.05) is 30.5 Å². The predicted molar refractivity (Wildman–Crippen MR) is 111 cm³/mol. The topological polar surface area (TPSA) is 76.7 Å². The molecule has 0 radical (unpaired) electrons. The predicted octanol–water partition coefficient (Wildman–Crippen LogP) is 4.34. The molecule has 2 aromatic rings. The van der Waals surface area contributed by atoms with Crippen LogP contribution in [0.25, 0.3) is 0 Å². The van der Waals surface area contributed by atoms with Crippen molar-refractivity contribution in [3.63, 3.8) is 0 Å². The molecule has 2 amide bonds. The fourth-order valence-corrected chi connectivity index (χ4v) is 2.33. The van der Waals surface area contributed by atoms with Crippen molar-refractivity contribution < 1.29 is 19.1 Å². The van der Waals surface area contributed by atoms with E-state index >= 15 is 0 Å². The molecule has 0 aliphatic rings. The highest BCUT2D eigenvalue weighted by Crippen LogP contribution is 2.22. The Morgan fingerprint density at radius 2 is 1.61 bits per heavy atom. The molecule has 0 heterocycles. The molecule has 0 bridgehead atoms. The van der Waals surface area contributed by atoms with Crippen molar-refractivity contribution in [3.8, 4) is 5.75 Å². The number of carbonyl (C=O) groups excluding carboxylic acids is 2. The molecule has 6 nitrogen and oxygen atoms in total. The van der Waals surface area contributed by atoms with Crippen LogP contribution in [0.5, 0.6) is 5.75 Å². The fourth-order valence-electron chi connectivity index (χ4n) is 2.33. The van der Waals surface area contributed by atoms with Gasteiger partial charge in [-0.2, -0.15) is 0 Å². The molecule has 0 aliphatic heterocycles. The normalized spacial score (nSPS) is 11.0. The molecule has 0 spiro atoms. The molecule has 28 heavy (non-hydrogen) atoms. The van der Waals surface area contributed by atoms with Gasteiger partial charge in [-0.3, -0.25) is 9.59 Å². The molecule has 0 aliphatic carbocycles. The highest BCUT2D eigenvalue weighted by molar-refractivity contribution is 6.06. The first-order valence-corrected chi connectivity index (χ1v) is 9.33. The van der Waals surface area contributed by atoms with Crippen LogP contribution >= 0.6 is 0 Å². The lowest BCUT2D eigenvalue weighted by Crippen LogP contribution is -2.27. The van der Waals surface area contributed by atoms with Gasteiger partial charge in [0, 0.05) is 23.4 Å². The van der Waals surface area contributed by atoms with Crippen LogP contribution in [0.4, 0.5) is 11.4 Å². The molecule has 0 fully saturated rings. The molecule has 0 atom stereocenters. The zero-order valence-corrected chi connectivity index (χ0v) is 16.9. The maximum absolute atomic E-state index is 12.7. The van der Waals surface area contributed by atoms with Gasteiger partial charge in [0.1, 0.15) is 12.4 Å². The highest BCUT2D eigenvalue weighted by atomic mass is 16.5. The van der Waals surface area contributed by atoms with Gasteiger partial charge in [-0.25, -0.2) is 0 Å². The molecule has 0 saturated heterocycles. The van der Waals surface area contributed by atoms with E-state index in [1.54, 1.807) is 42.5 Å². The molecule has 2 N–H and O–H groups in total. The maximum Gasteiger partial charge on any atom is 0.259 e. The lowest BCUT2D eigenvalue weighted by Gasteiger charge is -2.18. The van der Waals surface area contributed by atoms with Crippen molar-refractivity contribution in [2.24, 2.45) is 5.41 Å². The second-order valence-corrected chi connectivity index (χ2v) is 7.28. The Morgan fingerprint density at radius 3 is 2.29 bits per heavy atom. The molecule has 0 aromatic heterocycles. The summed E-state index contributed by atoms with van der Waals surface area (Å²) in [6, 6.07) is 14.1. The van der Waals surface area contributed by atoms with Crippen molar-refractivity contribution in [3.05, 3.63) is 54.1 Å². The van der Waals surface area contributed by atoms with Gasteiger partial charge in [0.2, 0.25) is 5.91 Å². The number of hydrogen-bond acceptors (Lipinski definition) is 4. The zero-order valence-electron chi connectivity index (χ0n) is 16.9. The number of para-hydroxylation sites is 1. The first-order valence-electron chi connectivity index (χ1n) is 9.33. The first kappa shape index (κ1) is 21.4. The lowest BCUT2D eigenvalue weighted by atomic mass is 9.95. The van der Waals surface area contributed by atoms with Crippen LogP contribution in [0.15, 0.2) is 48.5 Å². The Morgan fingerprint density at radius 1 is 0.929 bits per heavy atom. The van der Waals surface area contributed by atoms with Crippen molar-refractivity contribution in [1.82, 2.24) is 0 Å². The summed E-state index contributed by atoms with van der Waals surface area (Å²) in [6.45, 7) is 8.89. The minimum absolute atomic E-state index is 0.0935. The first-order chi connectivity index (χ1) is 13.3. The summed E-state index contributed by atoms with van der Waals surface area (Å²) >= 11 is 0. The maximum atomic E-state index is 12.7. The van der Waals surface area contributed by atoms with Crippen LogP contribution in [0.2, 0.25) is 0 Å². The summed E-state index contributed by atoms with van der Waals surface area (Å²) in [5.41, 5.74) is 1.14. The van der Waals surface area contributed by atoms with E-state index in [2.05, 4.69) is 10.6 Å². The summed E-state index contributed by atoms with van der Waals surface area (Å²) in [6.07, 6.45) is 0. The van der Waals surface area contributed by atoms with Gasteiger partial charge < -0.3 is 20.1 Å². The van der Waals surface area contributed by atoms with Gasteiger partial charge in [-0.15, -0.1) is 0 Å². The average molecular weight is 384 g/mol. The van der Waals surface area contributed by atoms with Crippen molar-refractivity contribution in [2.45, 2.75) is 27.7 Å². The van der Waals surface area contributed by atoms with Gasteiger partial charge >= 0.3 is 0 Å². The molecule has 2 aromatic carbocycles. The van der Waals surface area contributed by atoms with Gasteiger partial charge in [0.05, 0.1) is 12.2 Å². The summed E-state index contributed by atoms with van der Waals surface area (Å²) in [4.78, 5) is 24.9. The number of ether oxygens (including phenoxy) is 2. The van der Waals surface area contributed by atoms with E-state index in [9.17, 15) is 9.59 Å². The van der Waals surface area contributed by atoms with Crippen LogP contribution in [0.1, 0.15) is 38.1 Å². The van der Waals surface area contributed by atoms with Crippen LogP contribution in [-0.4, -0.2) is 31.6 Å². The number of hydrogen-bond donors (Lipinski definition) is 2. The smallest absolute Gasteiger partial charge is 0.259 e. The number of carbonyl (C=O) groups is 2. The number of nitrogens with one attached hydrogen (secondary N) is 2. The number of amides is 2. The summed E-state index contributed by atoms with van der Waals surface area (Å²) < 4.78 is 10.9. The summed E-state index contributed by atoms with van der Waals surface area (Å²) in [5, 5.41) is 5.71. The molecule has 2 rings (SSSR count). The third kappa shape index (κ3) is 6.39. The molecule has 0 unspecified atom stereocenters. The van der Waals surface area contributed by atoms with Crippen LogP contribution < -0.4 is 15.4 Å². The standard InChI is InChI=1S/C22H28N2O4/c1-5-27-13-14-28-19-12-7-6-11-18(19)20(25)23-16-9-8-10-17(15-16)24-21(26)22(2,3)4/h6-12,15H,5,13-14H2,1-4H3,(H,23,25)(H,24,26). The zero-order chi connectivity index (χ0) is 20.6. The fraction of sp³-hybridized carbons (Fsp3) is 0.364. The molecular formula is C22H28N2O4. The van der Waals surface area contributed by atoms with Crippen molar-refractivity contribution >= 4 is 23.2 Å². The summed E-state index contributed by atoms with van der Waals surface area (Å²) in [7, 11) is 0. The molecular weight excluding hydrogens is 356 g/mol. The van der Waals surface area contributed by atoms with Gasteiger partial charge in [0.15, 0.2) is 0 Å². The van der Waals surface area contributed by atoms with E-state index in [1.165, 1.54) is 0 Å². The van der Waals surface area contributed by atoms with Gasteiger partial charge in [-0.05, 0) is 37.3 Å². The summed E-state index contributed by atoms with van der Waals surface area (Å²) in [5.74, 6) is 0.118. The van der Waals surface area contributed by atoms with Crippen LogP contribution in [0.3, 0.4) is 0 Å². The monoisotopic (exact) mass is 384 g/mol. The minimum Gasteiger partial charge on any atom is -0.490 e. The Labute approximate surface area is 166 Å². The SMILES string of the molecule is CCOCCOc1ccccc1C(=O)Nc1cccc(NC(=O)C(C)(C)C)c1. The van der Waals surface area contributed by atoms with Gasteiger partial charge in [-0.1, -0.05) is 39.0 Å². The van der Waals surface area contributed by atoms with E-state index in [0.717, 1.165) is 0 Å². The van der Waals surface area contributed by atoms with E-state index in [-0.39, 0.29) is 11.8 Å². The molecule has 6 heteroatoms. The van der Waals surface area contributed by atoms with E-state index in [0.29, 0.717) is 42.5 Å². The van der Waals surface area contributed by atoms with E-state index in [1.807, 2.05) is 33.8 Å². The van der Waals surface area contributed by atoms with Crippen LogP contribution in [0, 0.1) is 5.41 Å². The second kappa shape index (κ2) is 9.90. The number of rotatable bonds is 8. The number of anilines is 2. The number of benzene rings is 2. The van der Waals surface area contributed by atoms with Gasteiger partial charge in [0.25, 0.3) is 5.91 Å². The lowest BCUT2D eigenvalue weighted by molar-refractivity contribution is -0.123. The van der Waals surface area contributed by atoms with E-state index < -0.39 is 5.41 Å². The molecule has 150 valence electrons. The Bertz CT molecular complexity index is 812. The average Bonchev–Trinajstić information content (AvgIpc) is 2.65. The third-order valence-electron chi connectivity index (χ3n) is 3.88. The van der Waals surface area contributed by atoms with Crippen molar-refractivity contribution in [1.29, 1.82) is 0 Å². The highest BCUT2D eigenvalue weighted by Gasteiger charge is 2.21. The quantitative estimate of drug-likeness (QED) is 0.664. The largest absolute Gasteiger partial charge is 0.490 e. The van der Waals surface area contributed by atoms with Crippen LogP contribution in [-0.2, 0) is 9.53 Å². The Hall–Kier alpha value is -2.86. The third-order valence-corrected chi connectivity index (χ3v) is 3.88.